The molecule has 0 heterocycles. The topological polar surface area (TPSA) is 57.5 Å². The highest BCUT2D eigenvalue weighted by Gasteiger charge is 1.86. The Labute approximate surface area is 66.7 Å². The van der Waals surface area contributed by atoms with Crippen LogP contribution >= 0.6 is 0 Å². The Bertz CT molecular complexity index is 129. The molecule has 2 N–H and O–H groups in total. The molecule has 0 rings (SSSR count). The van der Waals surface area contributed by atoms with Crippen LogP contribution in [0.25, 0.3) is 0 Å². The molecule has 0 bridgehead atoms. The molecule has 1 unspecified atom stereocenters. The van der Waals surface area contributed by atoms with Gasteiger partial charge in [0.15, 0.2) is 0 Å². The molecule has 0 aliphatic rings. The van der Waals surface area contributed by atoms with Crippen LogP contribution in [0.4, 0.5) is 0 Å². The van der Waals surface area contributed by atoms with E-state index in [0.717, 1.165) is 12.5 Å². The van der Waals surface area contributed by atoms with Gasteiger partial charge in [-0.25, -0.2) is 4.79 Å². The van der Waals surface area contributed by atoms with Gasteiger partial charge in [0.05, 0.1) is 6.10 Å². The summed E-state index contributed by atoms with van der Waals surface area (Å²) in [6.07, 6.45) is 2.83. The van der Waals surface area contributed by atoms with E-state index in [2.05, 4.69) is 13.2 Å². The number of carbonyl (C=O) groups is 1. The Balaban J connectivity index is 0. The summed E-state index contributed by atoms with van der Waals surface area (Å²) in [5, 5.41) is 16.2. The quantitative estimate of drug-likeness (QED) is 0.479. The van der Waals surface area contributed by atoms with E-state index in [-0.39, 0.29) is 6.10 Å². The van der Waals surface area contributed by atoms with Crippen molar-refractivity contribution < 1.29 is 15.0 Å². The van der Waals surface area contributed by atoms with E-state index in [1.54, 1.807) is 0 Å². The highest BCUT2D eigenvalue weighted by Crippen LogP contribution is 1.86. The molecule has 0 aliphatic heterocycles. The van der Waals surface area contributed by atoms with E-state index in [1.807, 2.05) is 6.92 Å². The van der Waals surface area contributed by atoms with Gasteiger partial charge >= 0.3 is 5.97 Å². The number of aliphatic hydroxyl groups is 1. The zero-order chi connectivity index (χ0) is 9.28. The molecule has 0 aliphatic carbocycles. The molecule has 0 aromatic carbocycles. The molecule has 11 heavy (non-hydrogen) atoms. The number of rotatable bonds is 3. The summed E-state index contributed by atoms with van der Waals surface area (Å²) in [4.78, 5) is 9.25. The van der Waals surface area contributed by atoms with Crippen LogP contribution in [0.1, 0.15) is 13.3 Å². The molecule has 0 saturated carbocycles. The molecule has 3 heteroatoms. The Hall–Kier alpha value is -1.09. The fourth-order valence-corrected chi connectivity index (χ4v) is 0.167. The third kappa shape index (κ3) is 17.6. The number of hydrogen-bond acceptors (Lipinski definition) is 2. The number of carboxylic acid groups (broad SMARTS) is 1. The Morgan fingerprint density at radius 2 is 2.00 bits per heavy atom. The van der Waals surface area contributed by atoms with Crippen molar-refractivity contribution in [2.75, 3.05) is 0 Å². The minimum atomic E-state index is -0.981. The lowest BCUT2D eigenvalue weighted by atomic mass is 10.3. The third-order valence-electron chi connectivity index (χ3n) is 0.865. The summed E-state index contributed by atoms with van der Waals surface area (Å²) in [6.45, 7) is 8.25. The molecule has 0 aromatic rings. The average molecular weight is 158 g/mol. The lowest BCUT2D eigenvalue weighted by molar-refractivity contribution is -0.131. The molecule has 1 atom stereocenters. The number of hydrogen-bond donors (Lipinski definition) is 2. The normalized spacial score (nSPS) is 10.4. The number of aliphatic carboxylic acids is 1. The van der Waals surface area contributed by atoms with Crippen LogP contribution in [0.5, 0.6) is 0 Å². The Kier molecular flexibility index (Phi) is 10.2. The molecule has 0 saturated heterocycles. The standard InChI is InChI=1S/C5H10O.C3H4O2/c1-3-5(6)4-2;1-2-3(4)5/h3,5-6H,1,4H2,2H3;2H,1H2,(H,4,5). The summed E-state index contributed by atoms with van der Waals surface area (Å²) in [5.74, 6) is -0.981. The van der Waals surface area contributed by atoms with Gasteiger partial charge in [0.1, 0.15) is 0 Å². The molecule has 0 aromatic heterocycles. The first kappa shape index (κ1) is 12.6. The third-order valence-corrected chi connectivity index (χ3v) is 0.865. The lowest BCUT2D eigenvalue weighted by Gasteiger charge is -1.93. The first-order valence-electron chi connectivity index (χ1n) is 3.24. The van der Waals surface area contributed by atoms with Gasteiger partial charge in [0, 0.05) is 6.08 Å². The summed E-state index contributed by atoms with van der Waals surface area (Å²) < 4.78 is 0. The van der Waals surface area contributed by atoms with Gasteiger partial charge in [-0.3, -0.25) is 0 Å². The van der Waals surface area contributed by atoms with Crippen molar-refractivity contribution in [1.29, 1.82) is 0 Å². The highest BCUT2D eigenvalue weighted by molar-refractivity contribution is 5.78. The summed E-state index contributed by atoms with van der Waals surface area (Å²) in [6, 6.07) is 0. The maximum Gasteiger partial charge on any atom is 0.327 e. The lowest BCUT2D eigenvalue weighted by Crippen LogP contribution is -1.95. The van der Waals surface area contributed by atoms with Crippen molar-refractivity contribution in [3.05, 3.63) is 25.3 Å². The summed E-state index contributed by atoms with van der Waals surface area (Å²) in [5.41, 5.74) is 0. The van der Waals surface area contributed by atoms with Crippen LogP contribution in [-0.4, -0.2) is 22.3 Å². The van der Waals surface area contributed by atoms with Crippen LogP contribution in [-0.2, 0) is 4.79 Å². The van der Waals surface area contributed by atoms with Crippen LogP contribution < -0.4 is 0 Å². The van der Waals surface area contributed by atoms with Crippen molar-refractivity contribution in [2.24, 2.45) is 0 Å². The van der Waals surface area contributed by atoms with Crippen molar-refractivity contribution in [3.63, 3.8) is 0 Å². The Morgan fingerprint density at radius 1 is 1.64 bits per heavy atom. The van der Waals surface area contributed by atoms with Gasteiger partial charge in [-0.2, -0.15) is 0 Å². The molecule has 3 nitrogen and oxygen atoms in total. The van der Waals surface area contributed by atoms with Gasteiger partial charge in [-0.05, 0) is 6.42 Å². The molecular formula is C8H14O3. The second-order valence-electron chi connectivity index (χ2n) is 1.75. The zero-order valence-electron chi connectivity index (χ0n) is 6.66. The van der Waals surface area contributed by atoms with Crippen LogP contribution in [0.15, 0.2) is 25.3 Å². The smallest absolute Gasteiger partial charge is 0.327 e. The largest absolute Gasteiger partial charge is 0.478 e. The Morgan fingerprint density at radius 3 is 2.00 bits per heavy atom. The molecule has 64 valence electrons. The van der Waals surface area contributed by atoms with Gasteiger partial charge in [-0.1, -0.05) is 19.6 Å². The molecule has 0 spiro atoms. The molecular weight excluding hydrogens is 144 g/mol. The van der Waals surface area contributed by atoms with E-state index in [9.17, 15) is 4.79 Å². The predicted molar refractivity (Wildman–Crippen MR) is 44.3 cm³/mol. The summed E-state index contributed by atoms with van der Waals surface area (Å²) in [7, 11) is 0. The maximum atomic E-state index is 9.25. The maximum absolute atomic E-state index is 9.25. The van der Waals surface area contributed by atoms with E-state index < -0.39 is 5.97 Å². The SMILES string of the molecule is C=CC(=O)O.C=CC(O)CC. The second-order valence-corrected chi connectivity index (χ2v) is 1.75. The van der Waals surface area contributed by atoms with Gasteiger partial charge in [-0.15, -0.1) is 6.58 Å². The van der Waals surface area contributed by atoms with Gasteiger partial charge < -0.3 is 10.2 Å². The van der Waals surface area contributed by atoms with Crippen LogP contribution in [0.3, 0.4) is 0 Å². The zero-order valence-corrected chi connectivity index (χ0v) is 6.66. The van der Waals surface area contributed by atoms with Crippen LogP contribution in [0, 0.1) is 0 Å². The number of carboxylic acids is 1. The molecule has 0 radical (unpaired) electrons. The highest BCUT2D eigenvalue weighted by atomic mass is 16.4. The minimum absolute atomic E-state index is 0.301. The molecule has 0 amide bonds. The van der Waals surface area contributed by atoms with Crippen molar-refractivity contribution in [1.82, 2.24) is 0 Å². The first-order valence-corrected chi connectivity index (χ1v) is 3.24. The fourth-order valence-electron chi connectivity index (χ4n) is 0.167. The van der Waals surface area contributed by atoms with Gasteiger partial charge in [0.25, 0.3) is 0 Å². The van der Waals surface area contributed by atoms with Gasteiger partial charge in [0.2, 0.25) is 0 Å². The van der Waals surface area contributed by atoms with E-state index in [1.165, 1.54) is 6.08 Å². The first-order chi connectivity index (χ1) is 5.08. The van der Waals surface area contributed by atoms with Crippen molar-refractivity contribution >= 4 is 5.97 Å². The average Bonchev–Trinajstić information content (AvgIpc) is 2.04. The van der Waals surface area contributed by atoms with E-state index in [0.29, 0.717) is 0 Å². The van der Waals surface area contributed by atoms with Crippen molar-refractivity contribution in [2.45, 2.75) is 19.4 Å². The second kappa shape index (κ2) is 8.91. The van der Waals surface area contributed by atoms with E-state index in [4.69, 9.17) is 10.2 Å². The number of aliphatic hydroxyl groups excluding tert-OH is 1. The van der Waals surface area contributed by atoms with Crippen LogP contribution in [0.2, 0.25) is 0 Å². The predicted octanol–water partition coefficient (Wildman–Crippen LogP) is 1.20. The van der Waals surface area contributed by atoms with E-state index >= 15 is 0 Å². The monoisotopic (exact) mass is 158 g/mol. The minimum Gasteiger partial charge on any atom is -0.478 e. The fraction of sp³-hybridized carbons (Fsp3) is 0.375. The summed E-state index contributed by atoms with van der Waals surface area (Å²) >= 11 is 0. The van der Waals surface area contributed by atoms with Crippen molar-refractivity contribution in [3.8, 4) is 0 Å². The molecule has 0 fully saturated rings.